The van der Waals surface area contributed by atoms with Gasteiger partial charge in [0.05, 0.1) is 0 Å². The first-order chi connectivity index (χ1) is 19.5. The minimum absolute atomic E-state index is 0.109. The predicted octanol–water partition coefficient (Wildman–Crippen LogP) is 10.3. The summed E-state index contributed by atoms with van der Waals surface area (Å²) in [6.07, 6.45) is 30.1. The maximum Gasteiger partial charge on any atom is 0.305 e. The van der Waals surface area contributed by atoms with Gasteiger partial charge in [-0.15, -0.1) is 0 Å². The topological polar surface area (TPSA) is 72.8 Å². The van der Waals surface area contributed by atoms with Crippen molar-refractivity contribution in [2.45, 2.75) is 194 Å². The number of rotatable bonds is 31. The molecule has 0 aromatic heterocycles. The van der Waals surface area contributed by atoms with Crippen molar-refractivity contribution < 1.29 is 24.2 Å². The van der Waals surface area contributed by atoms with Gasteiger partial charge in [0.15, 0.2) is 0 Å². The minimum atomic E-state index is -0.953. The van der Waals surface area contributed by atoms with Crippen molar-refractivity contribution in [1.29, 1.82) is 0 Å². The first kappa shape index (κ1) is 38.9. The molecule has 238 valence electrons. The Morgan fingerprint density at radius 1 is 0.500 bits per heavy atom. The van der Waals surface area contributed by atoms with E-state index in [9.17, 15) is 14.7 Å². The van der Waals surface area contributed by atoms with Crippen LogP contribution in [0.4, 0.5) is 0 Å². The first-order valence-electron chi connectivity index (χ1n) is 17.4. The summed E-state index contributed by atoms with van der Waals surface area (Å²) < 4.78 is 10.3. The summed E-state index contributed by atoms with van der Waals surface area (Å²) in [4.78, 5) is 23.8. The van der Waals surface area contributed by atoms with Crippen LogP contribution in [-0.2, 0) is 19.1 Å². The second kappa shape index (κ2) is 30.8. The third-order valence-electron chi connectivity index (χ3n) is 7.77. The lowest BCUT2D eigenvalue weighted by Crippen LogP contribution is -2.25. The lowest BCUT2D eigenvalue weighted by molar-refractivity contribution is -0.152. The van der Waals surface area contributed by atoms with Crippen LogP contribution in [0.1, 0.15) is 188 Å². The van der Waals surface area contributed by atoms with Gasteiger partial charge in [-0.3, -0.25) is 9.59 Å². The summed E-state index contributed by atoms with van der Waals surface area (Å²) in [5, 5.41) is 9.96. The van der Waals surface area contributed by atoms with Crippen LogP contribution in [0, 0.1) is 5.92 Å². The second-order valence-electron chi connectivity index (χ2n) is 12.5. The fraction of sp³-hybridized carbons (Fsp3) is 0.943. The molecule has 0 aromatic rings. The minimum Gasteiger partial charge on any atom is -0.463 e. The number of aliphatic hydroxyl groups excluding tert-OH is 1. The molecule has 0 fully saturated rings. The van der Waals surface area contributed by atoms with E-state index in [1.807, 2.05) is 0 Å². The molecule has 0 rings (SSSR count). The van der Waals surface area contributed by atoms with Crippen LogP contribution in [0.3, 0.4) is 0 Å². The lowest BCUT2D eigenvalue weighted by atomic mass is 10.0. The summed E-state index contributed by atoms with van der Waals surface area (Å²) in [5.74, 6) is 0.286. The summed E-state index contributed by atoms with van der Waals surface area (Å²) in [6, 6.07) is 0. The van der Waals surface area contributed by atoms with Gasteiger partial charge in [-0.25, -0.2) is 0 Å². The van der Waals surface area contributed by atoms with Crippen molar-refractivity contribution >= 4 is 11.9 Å². The molecule has 40 heavy (non-hydrogen) atoms. The van der Waals surface area contributed by atoms with Crippen LogP contribution < -0.4 is 0 Å². The van der Waals surface area contributed by atoms with E-state index in [0.717, 1.165) is 31.6 Å². The Hall–Kier alpha value is -1.10. The Labute approximate surface area is 248 Å². The van der Waals surface area contributed by atoms with Crippen LogP contribution in [0.5, 0.6) is 0 Å². The van der Waals surface area contributed by atoms with Crippen molar-refractivity contribution in [2.75, 3.05) is 13.2 Å². The summed E-state index contributed by atoms with van der Waals surface area (Å²) in [5.41, 5.74) is 0. The van der Waals surface area contributed by atoms with Gasteiger partial charge >= 0.3 is 11.9 Å². The van der Waals surface area contributed by atoms with Crippen LogP contribution >= 0.6 is 0 Å². The zero-order valence-electron chi connectivity index (χ0n) is 27.0. The molecule has 1 unspecified atom stereocenters. The zero-order valence-corrected chi connectivity index (χ0v) is 27.0. The summed E-state index contributed by atoms with van der Waals surface area (Å²) in [7, 11) is 0. The largest absolute Gasteiger partial charge is 0.463 e. The van der Waals surface area contributed by atoms with Gasteiger partial charge in [0.25, 0.3) is 0 Å². The number of aliphatic hydroxyl groups is 1. The highest BCUT2D eigenvalue weighted by atomic mass is 16.6. The van der Waals surface area contributed by atoms with Crippen molar-refractivity contribution in [3.05, 3.63) is 0 Å². The van der Waals surface area contributed by atoms with E-state index in [4.69, 9.17) is 9.47 Å². The van der Waals surface area contributed by atoms with Crippen molar-refractivity contribution in [3.63, 3.8) is 0 Å². The molecule has 5 heteroatoms. The number of hydrogen-bond donors (Lipinski definition) is 1. The molecule has 0 aliphatic heterocycles. The second-order valence-corrected chi connectivity index (χ2v) is 12.5. The predicted molar refractivity (Wildman–Crippen MR) is 168 cm³/mol. The van der Waals surface area contributed by atoms with Crippen LogP contribution in [0.2, 0.25) is 0 Å². The molecule has 0 saturated carbocycles. The third kappa shape index (κ3) is 31.4. The summed E-state index contributed by atoms with van der Waals surface area (Å²) in [6.45, 7) is 6.64. The Balaban J connectivity index is 3.40. The van der Waals surface area contributed by atoms with Gasteiger partial charge in [-0.2, -0.15) is 0 Å². The molecule has 0 aromatic carbocycles. The molecule has 1 N–H and O–H groups in total. The average molecular weight is 569 g/mol. The van der Waals surface area contributed by atoms with Gasteiger partial charge in [0.1, 0.15) is 19.3 Å². The molecule has 0 saturated heterocycles. The van der Waals surface area contributed by atoms with Gasteiger partial charge in [0.2, 0.25) is 0 Å². The number of ether oxygens (including phenoxy) is 2. The molecule has 0 amide bonds. The average Bonchev–Trinajstić information content (AvgIpc) is 2.93. The smallest absolute Gasteiger partial charge is 0.305 e. The van der Waals surface area contributed by atoms with Gasteiger partial charge < -0.3 is 14.6 Å². The monoisotopic (exact) mass is 569 g/mol. The highest BCUT2D eigenvalue weighted by Gasteiger charge is 2.12. The van der Waals surface area contributed by atoms with Crippen molar-refractivity contribution in [1.82, 2.24) is 0 Å². The Morgan fingerprint density at radius 3 is 1.12 bits per heavy atom. The van der Waals surface area contributed by atoms with E-state index in [1.54, 1.807) is 0 Å². The standard InChI is InChI=1S/C35H68O5/c1-4-5-6-7-8-9-12-16-19-22-25-28-34(37)39-30-33(36)31-40-35(38)29-26-23-20-17-14-11-10-13-15-18-21-24-27-32(2)3/h32-33,36H,4-31H2,1-3H3. The third-order valence-corrected chi connectivity index (χ3v) is 7.77. The highest BCUT2D eigenvalue weighted by Crippen LogP contribution is 2.15. The number of carbonyl (C=O) groups is 2. The van der Waals surface area contributed by atoms with E-state index in [2.05, 4.69) is 20.8 Å². The van der Waals surface area contributed by atoms with Crippen molar-refractivity contribution in [2.24, 2.45) is 5.92 Å². The lowest BCUT2D eigenvalue weighted by Gasteiger charge is -2.12. The molecule has 0 radical (unpaired) electrons. The van der Waals surface area contributed by atoms with E-state index in [-0.39, 0.29) is 25.2 Å². The van der Waals surface area contributed by atoms with E-state index in [1.165, 1.54) is 128 Å². The summed E-state index contributed by atoms with van der Waals surface area (Å²) >= 11 is 0. The number of esters is 2. The van der Waals surface area contributed by atoms with Gasteiger partial charge in [-0.1, -0.05) is 162 Å². The fourth-order valence-electron chi connectivity index (χ4n) is 5.09. The number of carbonyl (C=O) groups excluding carboxylic acids is 2. The molecule has 0 aliphatic rings. The van der Waals surface area contributed by atoms with Crippen LogP contribution in [0.15, 0.2) is 0 Å². The SMILES string of the molecule is CCCCCCCCCCCCCC(=O)OCC(O)COC(=O)CCCCCCCCCCCCCCC(C)C. The fourth-order valence-corrected chi connectivity index (χ4v) is 5.09. The maximum atomic E-state index is 11.9. The van der Waals surface area contributed by atoms with Crippen LogP contribution in [0.25, 0.3) is 0 Å². The van der Waals surface area contributed by atoms with Crippen molar-refractivity contribution in [3.8, 4) is 0 Å². The van der Waals surface area contributed by atoms with E-state index in [0.29, 0.717) is 12.8 Å². The van der Waals surface area contributed by atoms with E-state index >= 15 is 0 Å². The molecule has 0 spiro atoms. The molecular weight excluding hydrogens is 500 g/mol. The van der Waals surface area contributed by atoms with Crippen LogP contribution in [-0.4, -0.2) is 36.4 Å². The Bertz CT molecular complexity index is 548. The zero-order chi connectivity index (χ0) is 29.5. The highest BCUT2D eigenvalue weighted by molar-refractivity contribution is 5.69. The van der Waals surface area contributed by atoms with Gasteiger partial charge in [-0.05, 0) is 18.8 Å². The quantitative estimate of drug-likeness (QED) is 0.0665. The van der Waals surface area contributed by atoms with Gasteiger partial charge in [0, 0.05) is 12.8 Å². The maximum absolute atomic E-state index is 11.9. The first-order valence-corrected chi connectivity index (χ1v) is 17.4. The Morgan fingerprint density at radius 2 is 0.800 bits per heavy atom. The number of unbranched alkanes of at least 4 members (excludes halogenated alkanes) is 21. The molecule has 0 aliphatic carbocycles. The molecule has 0 heterocycles. The normalized spacial score (nSPS) is 12.1. The number of hydrogen-bond acceptors (Lipinski definition) is 5. The Kier molecular flexibility index (Phi) is 30.0. The molecular formula is C35H68O5. The molecule has 1 atom stereocenters. The van der Waals surface area contributed by atoms with E-state index < -0.39 is 6.10 Å². The molecule has 0 bridgehead atoms. The molecule has 5 nitrogen and oxygen atoms in total.